The summed E-state index contributed by atoms with van der Waals surface area (Å²) in [6.45, 7) is 0.812. The summed E-state index contributed by atoms with van der Waals surface area (Å²) in [6, 6.07) is 2.37. The molecule has 0 unspecified atom stereocenters. The van der Waals surface area contributed by atoms with Crippen molar-refractivity contribution in [1.29, 1.82) is 0 Å². The Morgan fingerprint density at radius 2 is 1.95 bits per heavy atom. The molecule has 0 spiro atoms. The number of ether oxygens (including phenoxy) is 1. The fourth-order valence-electron chi connectivity index (χ4n) is 2.32. The Bertz CT molecular complexity index is 428. The molecule has 2 rings (SSSR count). The second-order valence-electron chi connectivity index (χ2n) is 4.87. The van der Waals surface area contributed by atoms with Crippen LogP contribution in [0, 0.1) is 5.92 Å². The molecule has 1 fully saturated rings. The summed E-state index contributed by atoms with van der Waals surface area (Å²) in [5, 5.41) is 0. The monoisotopic (exact) mass is 275 g/mol. The number of alkyl halides is 3. The molecule has 6 heteroatoms. The van der Waals surface area contributed by atoms with Crippen LogP contribution in [-0.4, -0.2) is 11.6 Å². The third-order valence-electron chi connectivity index (χ3n) is 3.43. The molecule has 1 aromatic heterocycles. The summed E-state index contributed by atoms with van der Waals surface area (Å²) >= 11 is 0. The van der Waals surface area contributed by atoms with E-state index in [0.717, 1.165) is 18.9 Å². The van der Waals surface area contributed by atoms with Crippen LogP contribution >= 0.6 is 0 Å². The van der Waals surface area contributed by atoms with E-state index in [4.69, 9.17) is 4.74 Å². The topological polar surface area (TPSA) is 49.8 Å². The molecule has 0 amide bonds. The van der Waals surface area contributed by atoms with E-state index in [0.29, 0.717) is 24.6 Å². The van der Waals surface area contributed by atoms with Crippen LogP contribution in [0.2, 0.25) is 0 Å². The Morgan fingerprint density at radius 3 is 2.53 bits per heavy atom. The van der Waals surface area contributed by atoms with Crippen LogP contribution in [0.1, 0.15) is 36.9 Å². The Hall–Kier alpha value is -1.30. The van der Waals surface area contributed by atoms with Gasteiger partial charge in [0.15, 0.2) is 0 Å². The van der Waals surface area contributed by atoms with Gasteiger partial charge >= 0.3 is 6.18 Å². The summed E-state index contributed by atoms with van der Waals surface area (Å²) < 4.78 is 43.3. The molecule has 0 radical (unpaired) electrons. The second-order valence-corrected chi connectivity index (χ2v) is 4.87. The van der Waals surface area contributed by atoms with Crippen LogP contribution < -0.4 is 10.5 Å². The summed E-state index contributed by atoms with van der Waals surface area (Å²) in [6.07, 6.45) is 0.0704. The van der Waals surface area contributed by atoms with Gasteiger partial charge in [-0.15, -0.1) is 0 Å². The molecule has 19 heavy (non-hydrogen) atoms. The number of nitrogens with zero attached hydrogens (tertiary/aromatic N) is 1. The lowest BCUT2D eigenvalue weighted by molar-refractivity contribution is -0.386. The molecule has 3 N–H and O–H groups in total. The van der Waals surface area contributed by atoms with Crippen molar-refractivity contribution in [2.45, 2.75) is 38.4 Å². The van der Waals surface area contributed by atoms with E-state index in [1.165, 1.54) is 18.9 Å². The molecule has 1 aliphatic rings. The number of hydrogen-bond donors (Lipinski definition) is 1. The van der Waals surface area contributed by atoms with Crippen LogP contribution in [0.3, 0.4) is 0 Å². The zero-order valence-electron chi connectivity index (χ0n) is 10.7. The highest BCUT2D eigenvalue weighted by molar-refractivity contribution is 5.28. The van der Waals surface area contributed by atoms with Gasteiger partial charge < -0.3 is 10.5 Å². The predicted octanol–water partition coefficient (Wildman–Crippen LogP) is 2.41. The van der Waals surface area contributed by atoms with Gasteiger partial charge in [-0.05, 0) is 30.9 Å². The van der Waals surface area contributed by atoms with Gasteiger partial charge in [-0.1, -0.05) is 12.8 Å². The molecule has 0 saturated heterocycles. The summed E-state index contributed by atoms with van der Waals surface area (Å²) in [4.78, 5) is 3.59. The molecule has 106 valence electrons. The molecule has 0 bridgehead atoms. The minimum atomic E-state index is -4.44. The average molecular weight is 275 g/mol. The minimum absolute atomic E-state index is 0.0803. The molecule has 1 aromatic rings. The molecule has 3 nitrogen and oxygen atoms in total. The van der Waals surface area contributed by atoms with Crippen molar-refractivity contribution < 1.29 is 23.6 Å². The maximum atomic E-state index is 12.6. The zero-order valence-corrected chi connectivity index (χ0v) is 10.7. The largest absolute Gasteiger partial charge is 0.477 e. The molecule has 0 aromatic carbocycles. The van der Waals surface area contributed by atoms with Crippen molar-refractivity contribution in [2.24, 2.45) is 5.92 Å². The van der Waals surface area contributed by atoms with Gasteiger partial charge in [0.05, 0.1) is 12.2 Å². The van der Waals surface area contributed by atoms with Gasteiger partial charge in [0.1, 0.15) is 12.2 Å². The molecule has 0 aliphatic heterocycles. The number of halogens is 3. The molecule has 1 aliphatic carbocycles. The highest BCUT2D eigenvalue weighted by Gasteiger charge is 2.33. The highest BCUT2D eigenvalue weighted by atomic mass is 19.4. The maximum absolute atomic E-state index is 12.6. The van der Waals surface area contributed by atoms with Crippen molar-refractivity contribution in [1.82, 2.24) is 4.98 Å². The van der Waals surface area contributed by atoms with Gasteiger partial charge in [0, 0.05) is 0 Å². The first-order chi connectivity index (χ1) is 9.00. The predicted molar refractivity (Wildman–Crippen MR) is 63.3 cm³/mol. The van der Waals surface area contributed by atoms with E-state index in [1.54, 1.807) is 0 Å². The first kappa shape index (κ1) is 14.1. The Morgan fingerprint density at radius 1 is 1.26 bits per heavy atom. The van der Waals surface area contributed by atoms with E-state index in [1.807, 2.05) is 0 Å². The van der Waals surface area contributed by atoms with Crippen molar-refractivity contribution in [3.63, 3.8) is 0 Å². The Labute approximate surface area is 110 Å². The number of quaternary nitrogens is 1. The van der Waals surface area contributed by atoms with Crippen molar-refractivity contribution in [2.75, 3.05) is 6.61 Å². The van der Waals surface area contributed by atoms with Gasteiger partial charge in [-0.25, -0.2) is 4.98 Å². The number of rotatable bonds is 4. The van der Waals surface area contributed by atoms with E-state index >= 15 is 0 Å². The van der Waals surface area contributed by atoms with Crippen LogP contribution in [0.5, 0.6) is 5.88 Å². The standard InChI is InChI=1S/C13H17F3N2O/c14-13(15,16)11-6-5-10(7-17)12(18-11)19-8-9-3-1-2-4-9/h5-6,9H,1-4,7-8,17H2/p+1. The van der Waals surface area contributed by atoms with Crippen molar-refractivity contribution >= 4 is 0 Å². The fraction of sp³-hybridized carbons (Fsp3) is 0.615. The minimum Gasteiger partial charge on any atom is -0.477 e. The molecular weight excluding hydrogens is 257 g/mol. The number of pyridine rings is 1. The second kappa shape index (κ2) is 5.77. The smallest absolute Gasteiger partial charge is 0.433 e. The van der Waals surface area contributed by atoms with Crippen molar-refractivity contribution in [3.8, 4) is 5.88 Å². The number of hydrogen-bond acceptors (Lipinski definition) is 2. The summed E-state index contributed by atoms with van der Waals surface area (Å²) in [5.74, 6) is 0.519. The first-order valence-corrected chi connectivity index (χ1v) is 6.50. The van der Waals surface area contributed by atoms with E-state index in [2.05, 4.69) is 10.7 Å². The van der Waals surface area contributed by atoms with Crippen molar-refractivity contribution in [3.05, 3.63) is 23.4 Å². The fourth-order valence-corrected chi connectivity index (χ4v) is 2.32. The summed E-state index contributed by atoms with van der Waals surface area (Å²) in [7, 11) is 0. The van der Waals surface area contributed by atoms with Crippen LogP contribution in [0.15, 0.2) is 12.1 Å². The lowest BCUT2D eigenvalue weighted by Crippen LogP contribution is -2.47. The lowest BCUT2D eigenvalue weighted by Gasteiger charge is -2.14. The molecule has 1 saturated carbocycles. The van der Waals surface area contributed by atoms with Crippen LogP contribution in [-0.2, 0) is 12.7 Å². The first-order valence-electron chi connectivity index (χ1n) is 6.50. The van der Waals surface area contributed by atoms with Gasteiger partial charge in [0.25, 0.3) is 0 Å². The normalized spacial score (nSPS) is 16.8. The maximum Gasteiger partial charge on any atom is 0.433 e. The molecular formula is C13H18F3N2O+. The quantitative estimate of drug-likeness (QED) is 0.917. The Kier molecular flexibility index (Phi) is 4.29. The average Bonchev–Trinajstić information content (AvgIpc) is 2.88. The van der Waals surface area contributed by atoms with Gasteiger partial charge in [0.2, 0.25) is 5.88 Å². The third kappa shape index (κ3) is 3.59. The van der Waals surface area contributed by atoms with Gasteiger partial charge in [-0.3, -0.25) is 0 Å². The third-order valence-corrected chi connectivity index (χ3v) is 3.43. The van der Waals surface area contributed by atoms with Crippen LogP contribution in [0.25, 0.3) is 0 Å². The van der Waals surface area contributed by atoms with Crippen LogP contribution in [0.4, 0.5) is 13.2 Å². The lowest BCUT2D eigenvalue weighted by atomic mass is 10.1. The van der Waals surface area contributed by atoms with E-state index in [9.17, 15) is 13.2 Å². The Balaban J connectivity index is 2.11. The molecule has 1 heterocycles. The number of aromatic nitrogens is 1. The zero-order chi connectivity index (χ0) is 13.9. The van der Waals surface area contributed by atoms with E-state index in [-0.39, 0.29) is 5.88 Å². The summed E-state index contributed by atoms with van der Waals surface area (Å²) in [5.41, 5.74) is 3.39. The highest BCUT2D eigenvalue weighted by Crippen LogP contribution is 2.31. The van der Waals surface area contributed by atoms with E-state index < -0.39 is 11.9 Å². The van der Waals surface area contributed by atoms with Gasteiger partial charge in [-0.2, -0.15) is 13.2 Å². The SMILES string of the molecule is [NH3+]Cc1ccc(C(F)(F)F)nc1OCC1CCCC1. The molecule has 0 atom stereocenters.